The first kappa shape index (κ1) is 14.4. The van der Waals surface area contributed by atoms with E-state index >= 15 is 0 Å². The Labute approximate surface area is 105 Å². The van der Waals surface area contributed by atoms with E-state index < -0.39 is 0 Å². The van der Waals surface area contributed by atoms with Crippen LogP contribution in [0.15, 0.2) is 0 Å². The Hall–Kier alpha value is 0.354. The zero-order chi connectivity index (χ0) is 12.0. The van der Waals surface area contributed by atoms with Gasteiger partial charge in [-0.05, 0) is 12.8 Å². The van der Waals surface area contributed by atoms with Crippen molar-refractivity contribution in [2.75, 3.05) is 14.2 Å². The summed E-state index contributed by atoms with van der Waals surface area (Å²) in [7, 11) is 3.67. The number of hydrogen-bond acceptors (Lipinski definition) is 2. The second-order valence-electron chi connectivity index (χ2n) is 5.03. The topological polar surface area (TPSA) is 18.5 Å². The summed E-state index contributed by atoms with van der Waals surface area (Å²) in [5.41, 5.74) is 1.51. The van der Waals surface area contributed by atoms with E-state index in [1.807, 2.05) is 14.2 Å². The van der Waals surface area contributed by atoms with E-state index in [0.29, 0.717) is 0 Å². The molecule has 1 aliphatic carbocycles. The molecule has 0 aromatic rings. The number of hydrogen-bond donors (Lipinski definition) is 0. The Morgan fingerprint density at radius 3 is 1.75 bits per heavy atom. The summed E-state index contributed by atoms with van der Waals surface area (Å²) < 4.78 is 11.8. The van der Waals surface area contributed by atoms with E-state index in [2.05, 4.69) is 13.8 Å². The summed E-state index contributed by atoms with van der Waals surface area (Å²) in [6.45, 7) is 4.65. The maximum absolute atomic E-state index is 5.91. The molecular weight excluding hydrogens is 232 g/mol. The molecule has 0 heterocycles. The van der Waals surface area contributed by atoms with Gasteiger partial charge in [0.1, 0.15) is 0 Å². The minimum atomic E-state index is -0.178. The van der Waals surface area contributed by atoms with E-state index in [0.717, 1.165) is 11.1 Å². The van der Waals surface area contributed by atoms with Crippen molar-refractivity contribution in [1.82, 2.24) is 0 Å². The van der Waals surface area contributed by atoms with Gasteiger partial charge in [0.05, 0.1) is 0 Å². The van der Waals surface area contributed by atoms with Crippen molar-refractivity contribution in [3.63, 3.8) is 0 Å². The molecule has 2 unspecified atom stereocenters. The van der Waals surface area contributed by atoms with Crippen molar-refractivity contribution in [2.45, 2.75) is 62.1 Å². The van der Waals surface area contributed by atoms with Gasteiger partial charge >= 0.3 is 0 Å². The molecular formula is C12H28O2Si2. The first-order valence-corrected chi connectivity index (χ1v) is 10.5. The molecule has 1 fully saturated rings. The summed E-state index contributed by atoms with van der Waals surface area (Å²) >= 11 is 0. The second-order valence-corrected chi connectivity index (χ2v) is 10.2. The van der Waals surface area contributed by atoms with Gasteiger partial charge in [0.25, 0.3) is 0 Å². The molecule has 0 spiro atoms. The van der Waals surface area contributed by atoms with Crippen LogP contribution in [-0.4, -0.2) is 39.0 Å². The normalized spacial score (nSPS) is 30.8. The minimum Gasteiger partial charge on any atom is -0.353 e. The van der Waals surface area contributed by atoms with Crippen molar-refractivity contribution in [2.24, 2.45) is 0 Å². The van der Waals surface area contributed by atoms with Gasteiger partial charge in [-0.25, -0.2) is 0 Å². The molecule has 0 N–H and O–H groups in total. The molecule has 96 valence electrons. The Kier molecular flexibility index (Phi) is 6.25. The lowest BCUT2D eigenvalue weighted by Crippen LogP contribution is -2.49. The van der Waals surface area contributed by atoms with Gasteiger partial charge in [0.15, 0.2) is 5.79 Å². The Morgan fingerprint density at radius 2 is 1.44 bits per heavy atom. The smallest absolute Gasteiger partial charge is 0.167 e. The molecule has 1 rings (SSSR count). The molecule has 4 heteroatoms. The molecule has 0 amide bonds. The fourth-order valence-corrected chi connectivity index (χ4v) is 8.50. The van der Waals surface area contributed by atoms with Crippen LogP contribution in [0.2, 0.25) is 23.2 Å². The molecule has 0 aromatic heterocycles. The number of methoxy groups -OCH3 is 2. The molecule has 0 aromatic carbocycles. The van der Waals surface area contributed by atoms with Crippen LogP contribution in [0.4, 0.5) is 0 Å². The minimum absolute atomic E-state index is 0.0267. The van der Waals surface area contributed by atoms with Crippen LogP contribution < -0.4 is 0 Å². The predicted molar refractivity (Wildman–Crippen MR) is 76.2 cm³/mol. The van der Waals surface area contributed by atoms with Crippen LogP contribution >= 0.6 is 0 Å². The number of ether oxygens (including phenoxy) is 2. The van der Waals surface area contributed by atoms with Crippen LogP contribution in [-0.2, 0) is 9.47 Å². The van der Waals surface area contributed by atoms with Crippen LogP contribution in [0, 0.1) is 0 Å². The molecule has 16 heavy (non-hydrogen) atoms. The monoisotopic (exact) mass is 260 g/mol. The largest absolute Gasteiger partial charge is 0.353 e. The maximum Gasteiger partial charge on any atom is 0.167 e. The molecule has 2 nitrogen and oxygen atoms in total. The van der Waals surface area contributed by atoms with Crippen LogP contribution in [0.1, 0.15) is 33.1 Å². The van der Waals surface area contributed by atoms with Crippen LogP contribution in [0.3, 0.4) is 0 Å². The molecule has 0 bridgehead atoms. The fourth-order valence-electron chi connectivity index (χ4n) is 3.48. The predicted octanol–water partition coefficient (Wildman–Crippen LogP) is 1.95. The summed E-state index contributed by atoms with van der Waals surface area (Å²) in [5, 5.41) is 0. The summed E-state index contributed by atoms with van der Waals surface area (Å²) in [6.07, 6.45) is 4.09. The highest BCUT2D eigenvalue weighted by molar-refractivity contribution is 6.40. The highest BCUT2D eigenvalue weighted by atomic mass is 28.2. The summed E-state index contributed by atoms with van der Waals surface area (Å²) in [5.74, 6) is -0.178. The third kappa shape index (κ3) is 2.78. The zero-order valence-corrected chi connectivity index (χ0v) is 14.2. The molecule has 1 aliphatic rings. The Morgan fingerprint density at radius 1 is 1.00 bits per heavy atom. The third-order valence-electron chi connectivity index (χ3n) is 4.16. The van der Waals surface area contributed by atoms with Gasteiger partial charge in [0.2, 0.25) is 0 Å². The van der Waals surface area contributed by atoms with Gasteiger partial charge in [-0.2, -0.15) is 0 Å². The Balaban J connectivity index is 2.83. The van der Waals surface area contributed by atoms with Gasteiger partial charge in [-0.3, -0.25) is 0 Å². The Bertz CT molecular complexity index is 175. The highest BCUT2D eigenvalue weighted by Crippen LogP contribution is 2.48. The van der Waals surface area contributed by atoms with Crippen molar-refractivity contribution < 1.29 is 9.47 Å². The van der Waals surface area contributed by atoms with Gasteiger partial charge in [-0.1, -0.05) is 32.4 Å². The van der Waals surface area contributed by atoms with E-state index in [1.165, 1.54) is 31.4 Å². The first-order valence-electron chi connectivity index (χ1n) is 6.85. The first-order chi connectivity index (χ1) is 7.75. The molecule has 0 saturated heterocycles. The zero-order valence-electron chi connectivity index (χ0n) is 11.4. The van der Waals surface area contributed by atoms with Crippen molar-refractivity contribution in [3.05, 3.63) is 0 Å². The van der Waals surface area contributed by atoms with Crippen LogP contribution in [0.5, 0.6) is 0 Å². The lowest BCUT2D eigenvalue weighted by molar-refractivity contribution is -0.221. The van der Waals surface area contributed by atoms with E-state index in [4.69, 9.17) is 9.47 Å². The second kappa shape index (κ2) is 6.94. The lowest BCUT2D eigenvalue weighted by atomic mass is 9.92. The van der Waals surface area contributed by atoms with Crippen molar-refractivity contribution in [3.8, 4) is 0 Å². The number of rotatable bonds is 6. The standard InChI is InChI=1S/C12H28O2Si2/c1-5-15-10-8-7-9-11(16-6-2)12(10,13-3)14-4/h10-11H,5-9,15-16H2,1-4H3. The van der Waals surface area contributed by atoms with Crippen molar-refractivity contribution in [1.29, 1.82) is 0 Å². The van der Waals surface area contributed by atoms with Crippen molar-refractivity contribution >= 4 is 19.0 Å². The molecule has 0 aliphatic heterocycles. The summed E-state index contributed by atoms with van der Waals surface area (Å²) in [4.78, 5) is 0. The third-order valence-corrected chi connectivity index (χ3v) is 8.66. The van der Waals surface area contributed by atoms with E-state index in [9.17, 15) is 0 Å². The fraction of sp³-hybridized carbons (Fsp3) is 1.00. The molecule has 2 atom stereocenters. The maximum atomic E-state index is 5.91. The summed E-state index contributed by atoms with van der Waals surface area (Å²) in [6, 6.07) is 2.75. The average molecular weight is 261 g/mol. The SMILES string of the molecule is CC[SiH2]C1CCCC([SiH2]CC)C1(OC)OC. The highest BCUT2D eigenvalue weighted by Gasteiger charge is 2.47. The lowest BCUT2D eigenvalue weighted by Gasteiger charge is -2.47. The van der Waals surface area contributed by atoms with Crippen LogP contribution in [0.25, 0.3) is 0 Å². The quantitative estimate of drug-likeness (QED) is 0.537. The van der Waals surface area contributed by atoms with Gasteiger partial charge < -0.3 is 9.47 Å². The average Bonchev–Trinajstić information content (AvgIpc) is 2.31. The van der Waals surface area contributed by atoms with Gasteiger partial charge in [0, 0.05) is 44.3 Å². The molecule has 1 saturated carbocycles. The van der Waals surface area contributed by atoms with E-state index in [-0.39, 0.29) is 24.8 Å². The van der Waals surface area contributed by atoms with E-state index in [1.54, 1.807) is 0 Å². The molecule has 0 radical (unpaired) electrons. The van der Waals surface area contributed by atoms with Gasteiger partial charge in [-0.15, -0.1) is 0 Å².